The second-order valence-electron chi connectivity index (χ2n) is 8.69. The fraction of sp³-hybridized carbons (Fsp3) is 0.636. The summed E-state index contributed by atoms with van der Waals surface area (Å²) in [6.45, 7) is 3.85. The minimum atomic E-state index is -0.614. The van der Waals surface area contributed by atoms with Crippen LogP contribution in [0.15, 0.2) is 16.9 Å². The number of nitrogens with zero attached hydrogens (tertiary/aromatic N) is 1. The highest BCUT2D eigenvalue weighted by molar-refractivity contribution is 7.99. The number of H-pyrrole nitrogens is 1. The fourth-order valence-electron chi connectivity index (χ4n) is 4.10. The summed E-state index contributed by atoms with van der Waals surface area (Å²) < 4.78 is 25.7. The molecule has 0 radical (unpaired) electrons. The summed E-state index contributed by atoms with van der Waals surface area (Å²) >= 11 is 1.73. The number of nitrogens with one attached hydrogen (secondary N) is 1. The van der Waals surface area contributed by atoms with Crippen LogP contribution in [0.5, 0.6) is 5.75 Å². The lowest BCUT2D eigenvalue weighted by Gasteiger charge is -2.32. The standard InChI is InChI=1S/C22H29FN2O4S/c1-22(27)6-2-16(3-7-22)30-13-19-24-18-11-15(10-17(23)20(18)21(26)25-19)29-12-14-4-8-28-9-5-14/h10-11,14,16,27H,2-9,12-13H2,1H3,(H,24,25,26)/t16-,22-. The van der Waals surface area contributed by atoms with E-state index in [-0.39, 0.29) is 5.39 Å². The second-order valence-corrected chi connectivity index (χ2v) is 9.97. The topological polar surface area (TPSA) is 84.4 Å². The molecule has 30 heavy (non-hydrogen) atoms. The lowest BCUT2D eigenvalue weighted by Crippen LogP contribution is -2.31. The zero-order chi connectivity index (χ0) is 21.1. The van der Waals surface area contributed by atoms with Gasteiger partial charge in [-0.15, -0.1) is 0 Å². The number of hydrogen-bond donors (Lipinski definition) is 2. The van der Waals surface area contributed by atoms with Gasteiger partial charge in [-0.05, 0) is 51.4 Å². The normalized spacial score (nSPS) is 25.5. The van der Waals surface area contributed by atoms with Gasteiger partial charge in [0.2, 0.25) is 0 Å². The predicted octanol–water partition coefficient (Wildman–Crippen LogP) is 3.79. The van der Waals surface area contributed by atoms with Crippen LogP contribution in [0, 0.1) is 11.7 Å². The number of benzene rings is 1. The summed E-state index contributed by atoms with van der Waals surface area (Å²) in [5, 5.41) is 10.5. The average molecular weight is 437 g/mol. The largest absolute Gasteiger partial charge is 0.493 e. The number of rotatable bonds is 6. The highest BCUT2D eigenvalue weighted by Gasteiger charge is 2.28. The van der Waals surface area contributed by atoms with Crippen LogP contribution in [0.25, 0.3) is 10.9 Å². The first-order valence-electron chi connectivity index (χ1n) is 10.7. The molecule has 0 amide bonds. The van der Waals surface area contributed by atoms with E-state index in [0.29, 0.717) is 40.6 Å². The number of hydrogen-bond acceptors (Lipinski definition) is 6. The Bertz CT molecular complexity index is 933. The van der Waals surface area contributed by atoms with Crippen LogP contribution in [-0.4, -0.2) is 45.7 Å². The third kappa shape index (κ3) is 5.34. The van der Waals surface area contributed by atoms with Crippen LogP contribution < -0.4 is 10.3 Å². The van der Waals surface area contributed by atoms with Gasteiger partial charge in [0.15, 0.2) is 0 Å². The van der Waals surface area contributed by atoms with Crippen molar-refractivity contribution in [1.29, 1.82) is 0 Å². The summed E-state index contributed by atoms with van der Waals surface area (Å²) in [7, 11) is 0. The van der Waals surface area contributed by atoms with Crippen LogP contribution in [0.4, 0.5) is 4.39 Å². The number of fused-ring (bicyclic) bond motifs is 1. The van der Waals surface area contributed by atoms with E-state index >= 15 is 0 Å². The van der Waals surface area contributed by atoms with E-state index in [4.69, 9.17) is 9.47 Å². The Kier molecular flexibility index (Phi) is 6.65. The van der Waals surface area contributed by atoms with E-state index in [9.17, 15) is 14.3 Å². The van der Waals surface area contributed by atoms with Crippen molar-refractivity contribution in [1.82, 2.24) is 9.97 Å². The molecular weight excluding hydrogens is 407 g/mol. The quantitative estimate of drug-likeness (QED) is 0.717. The molecule has 164 valence electrons. The first-order valence-corrected chi connectivity index (χ1v) is 11.7. The zero-order valence-corrected chi connectivity index (χ0v) is 18.1. The molecule has 2 heterocycles. The van der Waals surface area contributed by atoms with Gasteiger partial charge in [-0.3, -0.25) is 4.79 Å². The molecule has 1 saturated carbocycles. The van der Waals surface area contributed by atoms with Gasteiger partial charge in [0.25, 0.3) is 5.56 Å². The molecule has 4 rings (SSSR count). The molecule has 2 N–H and O–H groups in total. The van der Waals surface area contributed by atoms with E-state index in [1.54, 1.807) is 17.8 Å². The van der Waals surface area contributed by atoms with Crippen molar-refractivity contribution in [2.45, 2.75) is 62.1 Å². The zero-order valence-electron chi connectivity index (χ0n) is 17.3. The van der Waals surface area contributed by atoms with Crippen LogP contribution in [0.1, 0.15) is 51.3 Å². The molecule has 0 atom stereocenters. The molecule has 1 aromatic carbocycles. The van der Waals surface area contributed by atoms with Gasteiger partial charge in [-0.1, -0.05) is 0 Å². The van der Waals surface area contributed by atoms with Gasteiger partial charge < -0.3 is 19.6 Å². The summed E-state index contributed by atoms with van der Waals surface area (Å²) in [6, 6.07) is 2.92. The maximum Gasteiger partial charge on any atom is 0.261 e. The first kappa shape index (κ1) is 21.6. The van der Waals surface area contributed by atoms with Crippen molar-refractivity contribution in [2.75, 3.05) is 19.8 Å². The van der Waals surface area contributed by atoms with Crippen LogP contribution in [0.2, 0.25) is 0 Å². The molecule has 2 aromatic rings. The molecule has 0 bridgehead atoms. The molecule has 6 nitrogen and oxygen atoms in total. The maximum atomic E-state index is 14.6. The maximum absolute atomic E-state index is 14.6. The number of halogens is 1. The van der Waals surface area contributed by atoms with Gasteiger partial charge in [0.05, 0.1) is 23.5 Å². The molecule has 1 aliphatic heterocycles. The highest BCUT2D eigenvalue weighted by Crippen LogP contribution is 2.35. The number of ether oxygens (including phenoxy) is 2. The SMILES string of the molecule is C[C@]1(O)CC[C@H](SCc2nc3cc(OCC4CCOCC4)cc(F)c3c(=O)[nH]2)CC1. The predicted molar refractivity (Wildman–Crippen MR) is 116 cm³/mol. The van der Waals surface area contributed by atoms with E-state index < -0.39 is 17.0 Å². The number of aromatic nitrogens is 2. The monoisotopic (exact) mass is 436 g/mol. The molecule has 1 aliphatic carbocycles. The summed E-state index contributed by atoms with van der Waals surface area (Å²) in [5.74, 6) is 1.27. The van der Waals surface area contributed by atoms with Crippen molar-refractivity contribution in [3.8, 4) is 5.75 Å². The molecule has 2 aliphatic rings. The Morgan fingerprint density at radius 1 is 1.30 bits per heavy atom. The number of thioether (sulfide) groups is 1. The minimum Gasteiger partial charge on any atom is -0.493 e. The molecule has 0 unspecified atom stereocenters. The third-order valence-electron chi connectivity index (χ3n) is 6.08. The van der Waals surface area contributed by atoms with Gasteiger partial charge >= 0.3 is 0 Å². The van der Waals surface area contributed by atoms with E-state index in [1.165, 1.54) is 6.07 Å². The van der Waals surface area contributed by atoms with Crippen molar-refractivity contribution < 1.29 is 19.0 Å². The first-order chi connectivity index (χ1) is 14.4. The lowest BCUT2D eigenvalue weighted by atomic mass is 9.86. The van der Waals surface area contributed by atoms with Gasteiger partial charge in [-0.25, -0.2) is 9.37 Å². The summed E-state index contributed by atoms with van der Waals surface area (Å²) in [6.07, 6.45) is 5.32. The van der Waals surface area contributed by atoms with Gasteiger partial charge in [0.1, 0.15) is 22.8 Å². The minimum absolute atomic E-state index is 0.0316. The Labute approximate surface area is 179 Å². The molecule has 8 heteroatoms. The smallest absolute Gasteiger partial charge is 0.261 e. The lowest BCUT2D eigenvalue weighted by molar-refractivity contribution is 0.0240. The van der Waals surface area contributed by atoms with E-state index in [2.05, 4.69) is 9.97 Å². The van der Waals surface area contributed by atoms with Crippen molar-refractivity contribution in [3.05, 3.63) is 34.1 Å². The molecule has 1 saturated heterocycles. The molecule has 2 fully saturated rings. The second kappa shape index (κ2) is 9.24. The fourth-order valence-corrected chi connectivity index (χ4v) is 5.20. The van der Waals surface area contributed by atoms with Crippen LogP contribution in [0.3, 0.4) is 0 Å². The average Bonchev–Trinajstić information content (AvgIpc) is 2.72. The van der Waals surface area contributed by atoms with Crippen molar-refractivity contribution >= 4 is 22.7 Å². The summed E-state index contributed by atoms with van der Waals surface area (Å²) in [4.78, 5) is 19.7. The number of aromatic amines is 1. The Morgan fingerprint density at radius 2 is 2.03 bits per heavy atom. The van der Waals surface area contributed by atoms with E-state index in [0.717, 1.165) is 51.7 Å². The third-order valence-corrected chi connectivity index (χ3v) is 7.46. The molecular formula is C22H29FN2O4S. The van der Waals surface area contributed by atoms with Crippen molar-refractivity contribution in [3.63, 3.8) is 0 Å². The Morgan fingerprint density at radius 3 is 2.77 bits per heavy atom. The van der Waals surface area contributed by atoms with Crippen LogP contribution >= 0.6 is 11.8 Å². The molecule has 1 aromatic heterocycles. The highest BCUT2D eigenvalue weighted by atomic mass is 32.2. The van der Waals surface area contributed by atoms with Gasteiger partial charge in [0, 0.05) is 30.6 Å². The van der Waals surface area contributed by atoms with Crippen LogP contribution in [-0.2, 0) is 10.5 Å². The Balaban J connectivity index is 1.45. The van der Waals surface area contributed by atoms with E-state index in [1.807, 2.05) is 6.92 Å². The van der Waals surface area contributed by atoms with Crippen molar-refractivity contribution in [2.24, 2.45) is 5.92 Å². The van der Waals surface area contributed by atoms with Gasteiger partial charge in [-0.2, -0.15) is 11.8 Å². The summed E-state index contributed by atoms with van der Waals surface area (Å²) in [5.41, 5.74) is -0.705. The number of aliphatic hydroxyl groups is 1. The Hall–Kier alpha value is -1.64. The molecule has 0 spiro atoms.